The largest absolute Gasteiger partial charge is 2.00 e. The number of hydrogen-bond acceptors (Lipinski definition) is 2. The second-order valence-corrected chi connectivity index (χ2v) is 9.61. The van der Waals surface area contributed by atoms with Crippen molar-refractivity contribution in [3.63, 3.8) is 0 Å². The second kappa shape index (κ2) is 30.7. The molecule has 0 saturated carbocycles. The van der Waals surface area contributed by atoms with Gasteiger partial charge in [0.25, 0.3) is 0 Å². The van der Waals surface area contributed by atoms with E-state index in [0.29, 0.717) is 0 Å². The first-order valence-corrected chi connectivity index (χ1v) is 14.0. The first-order valence-electron chi connectivity index (χ1n) is 14.0. The number of hydrogen-bond donors (Lipinski definition) is 0. The fraction of sp³-hybridized carbons (Fsp3) is 0.964. The van der Waals surface area contributed by atoms with E-state index >= 15 is 0 Å². The molecule has 180 valence electrons. The summed E-state index contributed by atoms with van der Waals surface area (Å²) in [6.07, 6.45) is 34.6. The molecular weight excluding hydrogens is 408 g/mol. The van der Waals surface area contributed by atoms with Gasteiger partial charge < -0.3 is 9.90 Å². The number of unbranched alkanes of at least 4 members (excludes halogenated alkanes) is 24. The van der Waals surface area contributed by atoms with Gasteiger partial charge in [-0.05, 0) is 12.8 Å². The first kappa shape index (κ1) is 33.9. The third kappa shape index (κ3) is 33.0. The third-order valence-electron chi connectivity index (χ3n) is 6.48. The van der Waals surface area contributed by atoms with Crippen molar-refractivity contribution in [3.8, 4) is 0 Å². The summed E-state index contributed by atoms with van der Waals surface area (Å²) in [5.41, 5.74) is 0. The SMILES string of the molecule is CCCCCCCCCCCCCCCCCCCCCCCCCCCC(=O)[O-].[Ca+2]. The predicted octanol–water partition coefficient (Wildman–Crippen LogP) is 8.52. The van der Waals surface area contributed by atoms with Gasteiger partial charge in [-0.25, -0.2) is 0 Å². The van der Waals surface area contributed by atoms with E-state index in [0.717, 1.165) is 12.8 Å². The zero-order valence-electron chi connectivity index (χ0n) is 21.4. The van der Waals surface area contributed by atoms with Crippen LogP contribution in [0.15, 0.2) is 0 Å². The Balaban J connectivity index is 0. The number of carbonyl (C=O) groups is 1. The fourth-order valence-electron chi connectivity index (χ4n) is 4.41. The molecule has 0 aromatic heterocycles. The predicted molar refractivity (Wildman–Crippen MR) is 136 cm³/mol. The van der Waals surface area contributed by atoms with Crippen LogP contribution in [0.25, 0.3) is 0 Å². The number of carboxylic acids is 1. The van der Waals surface area contributed by atoms with Crippen LogP contribution in [0, 0.1) is 0 Å². The summed E-state index contributed by atoms with van der Waals surface area (Å²) in [6, 6.07) is 0. The summed E-state index contributed by atoms with van der Waals surface area (Å²) in [5.74, 6) is -0.899. The van der Waals surface area contributed by atoms with Crippen LogP contribution in [0.5, 0.6) is 0 Å². The van der Waals surface area contributed by atoms with E-state index < -0.39 is 5.97 Å². The Hall–Kier alpha value is 0.730. The first-order chi connectivity index (χ1) is 14.8. The van der Waals surface area contributed by atoms with E-state index in [1.54, 1.807) is 0 Å². The molecule has 0 aliphatic rings. The van der Waals surface area contributed by atoms with Gasteiger partial charge >= 0.3 is 37.7 Å². The molecule has 0 unspecified atom stereocenters. The monoisotopic (exact) mass is 463 g/mol. The van der Waals surface area contributed by atoms with E-state index in [-0.39, 0.29) is 44.2 Å². The van der Waals surface area contributed by atoms with E-state index in [1.165, 1.54) is 148 Å². The Bertz CT molecular complexity index is 333. The molecule has 0 fully saturated rings. The van der Waals surface area contributed by atoms with Crippen molar-refractivity contribution in [2.24, 2.45) is 0 Å². The van der Waals surface area contributed by atoms with Gasteiger partial charge in [0, 0.05) is 5.97 Å². The molecule has 0 saturated heterocycles. The van der Waals surface area contributed by atoms with Gasteiger partial charge in [-0.3, -0.25) is 0 Å². The van der Waals surface area contributed by atoms with Crippen LogP contribution in [-0.4, -0.2) is 43.7 Å². The van der Waals surface area contributed by atoms with E-state index in [2.05, 4.69) is 6.92 Å². The summed E-state index contributed by atoms with van der Waals surface area (Å²) >= 11 is 0. The molecule has 3 heteroatoms. The van der Waals surface area contributed by atoms with Crippen molar-refractivity contribution in [1.82, 2.24) is 0 Å². The summed E-state index contributed by atoms with van der Waals surface area (Å²) in [7, 11) is 0. The quantitative estimate of drug-likeness (QED) is 0.0952. The Kier molecular flexibility index (Phi) is 33.6. The van der Waals surface area contributed by atoms with Gasteiger partial charge in [0.05, 0.1) is 0 Å². The minimum Gasteiger partial charge on any atom is -0.550 e. The standard InChI is InChI=1S/C28H56O2.Ca/c1-2-3-4-5-6-7-8-9-10-11-12-13-14-15-16-17-18-19-20-21-22-23-24-25-26-27-28(29)30;/h2-27H2,1H3,(H,29,30);/q;+2/p-1. The van der Waals surface area contributed by atoms with Crippen LogP contribution in [0.4, 0.5) is 0 Å². The molecule has 0 N–H and O–H groups in total. The van der Waals surface area contributed by atoms with Gasteiger partial charge in [0.15, 0.2) is 0 Å². The van der Waals surface area contributed by atoms with Crippen LogP contribution < -0.4 is 5.11 Å². The Labute approximate surface area is 226 Å². The van der Waals surface area contributed by atoms with E-state index in [1.807, 2.05) is 0 Å². The zero-order valence-corrected chi connectivity index (χ0v) is 23.6. The van der Waals surface area contributed by atoms with Gasteiger partial charge in [-0.2, -0.15) is 0 Å². The van der Waals surface area contributed by atoms with Crippen molar-refractivity contribution in [2.75, 3.05) is 0 Å². The summed E-state index contributed by atoms with van der Waals surface area (Å²) in [6.45, 7) is 2.29. The Morgan fingerprint density at radius 2 is 0.613 bits per heavy atom. The van der Waals surface area contributed by atoms with Gasteiger partial charge in [-0.1, -0.05) is 161 Å². The molecule has 0 rings (SSSR count). The van der Waals surface area contributed by atoms with Crippen molar-refractivity contribution in [2.45, 2.75) is 174 Å². The topological polar surface area (TPSA) is 40.1 Å². The normalized spacial score (nSPS) is 10.9. The van der Waals surface area contributed by atoms with E-state index in [4.69, 9.17) is 0 Å². The Morgan fingerprint density at radius 1 is 0.419 bits per heavy atom. The molecule has 0 aliphatic carbocycles. The number of rotatable bonds is 26. The molecule has 0 spiro atoms. The summed E-state index contributed by atoms with van der Waals surface area (Å²) in [5, 5.41) is 10.3. The molecule has 0 aliphatic heterocycles. The molecule has 0 bridgehead atoms. The molecule has 2 nitrogen and oxygen atoms in total. The molecule has 0 radical (unpaired) electrons. The van der Waals surface area contributed by atoms with Crippen LogP contribution in [0.3, 0.4) is 0 Å². The maximum absolute atomic E-state index is 10.3. The maximum atomic E-state index is 10.3. The van der Waals surface area contributed by atoms with Crippen LogP contribution >= 0.6 is 0 Å². The van der Waals surface area contributed by atoms with Crippen molar-refractivity contribution in [1.29, 1.82) is 0 Å². The average molecular weight is 464 g/mol. The molecule has 0 atom stereocenters. The molecule has 31 heavy (non-hydrogen) atoms. The fourth-order valence-corrected chi connectivity index (χ4v) is 4.41. The van der Waals surface area contributed by atoms with Crippen molar-refractivity contribution in [3.05, 3.63) is 0 Å². The second-order valence-electron chi connectivity index (χ2n) is 9.61. The molecule has 0 heterocycles. The van der Waals surface area contributed by atoms with Crippen LogP contribution in [-0.2, 0) is 4.79 Å². The van der Waals surface area contributed by atoms with Crippen LogP contribution in [0.2, 0.25) is 0 Å². The third-order valence-corrected chi connectivity index (χ3v) is 6.48. The minimum atomic E-state index is -0.899. The number of carbonyl (C=O) groups excluding carboxylic acids is 1. The smallest absolute Gasteiger partial charge is 0.550 e. The maximum Gasteiger partial charge on any atom is 2.00 e. The van der Waals surface area contributed by atoms with Gasteiger partial charge in [-0.15, -0.1) is 0 Å². The molecule has 0 aromatic rings. The zero-order chi connectivity index (χ0) is 22.0. The number of carboxylic acid groups (broad SMARTS) is 1. The Morgan fingerprint density at radius 3 is 0.806 bits per heavy atom. The summed E-state index contributed by atoms with van der Waals surface area (Å²) < 4.78 is 0. The van der Waals surface area contributed by atoms with Gasteiger partial charge in [0.2, 0.25) is 0 Å². The molecular formula is C28H55CaO2+. The average Bonchev–Trinajstić information content (AvgIpc) is 2.73. The van der Waals surface area contributed by atoms with Crippen LogP contribution in [0.1, 0.15) is 174 Å². The molecule has 0 amide bonds. The minimum absolute atomic E-state index is 0. The molecule has 0 aromatic carbocycles. The van der Waals surface area contributed by atoms with Gasteiger partial charge in [0.1, 0.15) is 0 Å². The summed E-state index contributed by atoms with van der Waals surface area (Å²) in [4.78, 5) is 10.3. The van der Waals surface area contributed by atoms with Crippen molar-refractivity contribution < 1.29 is 9.90 Å². The number of aliphatic carboxylic acids is 1. The van der Waals surface area contributed by atoms with Crippen molar-refractivity contribution >= 4 is 43.7 Å². The van der Waals surface area contributed by atoms with E-state index in [9.17, 15) is 9.90 Å².